The van der Waals surface area contributed by atoms with Gasteiger partial charge in [-0.25, -0.2) is 0 Å². The van der Waals surface area contributed by atoms with Crippen LogP contribution in [-0.4, -0.2) is 44.0 Å². The number of aryl methyl sites for hydroxylation is 1. The van der Waals surface area contributed by atoms with E-state index in [0.29, 0.717) is 22.0 Å². The maximum atomic E-state index is 12.4. The molecule has 0 atom stereocenters. The van der Waals surface area contributed by atoms with Gasteiger partial charge in [0, 0.05) is 16.6 Å². The number of amides is 2. The fourth-order valence-electron chi connectivity index (χ4n) is 3.39. The van der Waals surface area contributed by atoms with Crippen LogP contribution in [0.15, 0.2) is 24.3 Å². The molecule has 1 aromatic carbocycles. The normalized spacial score (nSPS) is 12.8. The predicted octanol–water partition coefficient (Wildman–Crippen LogP) is 3.02. The van der Waals surface area contributed by atoms with Crippen molar-refractivity contribution in [3.8, 4) is 11.8 Å². The average Bonchev–Trinajstić information content (AvgIpc) is 3.04. The molecule has 0 fully saturated rings. The number of nitriles is 1. The monoisotopic (exact) mass is 412 g/mol. The Hall–Kier alpha value is -2.89. The molecular formula is C21H24N4O3S. The fourth-order valence-corrected chi connectivity index (χ4v) is 4.64. The molecule has 0 saturated carbocycles. The Morgan fingerprint density at radius 1 is 1.21 bits per heavy atom. The second-order valence-electron chi connectivity index (χ2n) is 7.03. The summed E-state index contributed by atoms with van der Waals surface area (Å²) in [5, 5.41) is 15.8. The number of carbonyl (C=O) groups is 2. The highest BCUT2D eigenvalue weighted by Gasteiger charge is 2.22. The summed E-state index contributed by atoms with van der Waals surface area (Å²) in [5.74, 6) is 0.192. The predicted molar refractivity (Wildman–Crippen MR) is 113 cm³/mol. The van der Waals surface area contributed by atoms with E-state index >= 15 is 0 Å². The molecule has 29 heavy (non-hydrogen) atoms. The standard InChI is InChI=1S/C21H24N4O3S/c1-25(12-19(26)23-14-6-5-7-15(10-14)28-2)13-20(27)24-21-17(11-22)16-8-3-4-9-18(16)29-21/h5-7,10H,3-4,8-9,12-13H2,1-2H3,(H,23,26)(H,24,27). The van der Waals surface area contributed by atoms with Gasteiger partial charge >= 0.3 is 0 Å². The molecule has 1 aromatic heterocycles. The number of likely N-dealkylation sites (N-methyl/N-ethyl adjacent to an activating group) is 1. The number of thiophene rings is 1. The molecule has 2 aromatic rings. The molecule has 0 spiro atoms. The van der Waals surface area contributed by atoms with Gasteiger partial charge in [-0.15, -0.1) is 11.3 Å². The highest BCUT2D eigenvalue weighted by molar-refractivity contribution is 7.16. The van der Waals surface area contributed by atoms with Gasteiger partial charge in [0.1, 0.15) is 16.8 Å². The summed E-state index contributed by atoms with van der Waals surface area (Å²) >= 11 is 1.50. The van der Waals surface area contributed by atoms with Crippen molar-refractivity contribution in [2.75, 3.05) is 37.9 Å². The van der Waals surface area contributed by atoms with E-state index in [-0.39, 0.29) is 24.9 Å². The van der Waals surface area contributed by atoms with Crippen LogP contribution in [0.3, 0.4) is 0 Å². The second-order valence-corrected chi connectivity index (χ2v) is 8.13. The third kappa shape index (κ3) is 5.34. The van der Waals surface area contributed by atoms with Gasteiger partial charge in [-0.1, -0.05) is 6.07 Å². The van der Waals surface area contributed by atoms with Crippen molar-refractivity contribution in [2.45, 2.75) is 25.7 Å². The summed E-state index contributed by atoms with van der Waals surface area (Å²) in [5.41, 5.74) is 2.32. The molecule has 0 radical (unpaired) electrons. The third-order valence-electron chi connectivity index (χ3n) is 4.72. The van der Waals surface area contributed by atoms with Gasteiger partial charge in [-0.05, 0) is 50.4 Å². The quantitative estimate of drug-likeness (QED) is 0.729. The molecule has 0 aliphatic heterocycles. The summed E-state index contributed by atoms with van der Waals surface area (Å²) < 4.78 is 5.14. The number of methoxy groups -OCH3 is 1. The van der Waals surface area contributed by atoms with Crippen molar-refractivity contribution in [3.05, 3.63) is 40.3 Å². The van der Waals surface area contributed by atoms with Crippen LogP contribution in [0.25, 0.3) is 0 Å². The molecule has 0 unspecified atom stereocenters. The van der Waals surface area contributed by atoms with Crippen molar-refractivity contribution in [1.29, 1.82) is 5.26 Å². The van der Waals surface area contributed by atoms with Crippen molar-refractivity contribution in [3.63, 3.8) is 0 Å². The summed E-state index contributed by atoms with van der Waals surface area (Å²) in [6.07, 6.45) is 4.07. The van der Waals surface area contributed by atoms with Gasteiger partial charge in [-0.3, -0.25) is 14.5 Å². The first-order valence-electron chi connectivity index (χ1n) is 9.47. The topological polar surface area (TPSA) is 94.5 Å². The minimum atomic E-state index is -0.239. The number of ether oxygens (including phenoxy) is 1. The number of hydrogen-bond acceptors (Lipinski definition) is 6. The van der Waals surface area contributed by atoms with E-state index in [1.54, 1.807) is 43.3 Å². The van der Waals surface area contributed by atoms with E-state index in [4.69, 9.17) is 4.74 Å². The zero-order chi connectivity index (χ0) is 20.8. The van der Waals surface area contributed by atoms with E-state index in [1.807, 2.05) is 0 Å². The Morgan fingerprint density at radius 2 is 1.93 bits per heavy atom. The average molecular weight is 413 g/mol. The van der Waals surface area contributed by atoms with E-state index in [9.17, 15) is 14.9 Å². The molecule has 7 nitrogen and oxygen atoms in total. The van der Waals surface area contributed by atoms with E-state index in [0.717, 1.165) is 31.2 Å². The third-order valence-corrected chi connectivity index (χ3v) is 5.92. The van der Waals surface area contributed by atoms with Gasteiger partial charge < -0.3 is 15.4 Å². The van der Waals surface area contributed by atoms with Gasteiger partial charge in [0.25, 0.3) is 0 Å². The van der Waals surface area contributed by atoms with Crippen LogP contribution < -0.4 is 15.4 Å². The Kier molecular flexibility index (Phi) is 6.86. The molecule has 0 bridgehead atoms. The van der Waals surface area contributed by atoms with Gasteiger partial charge in [0.2, 0.25) is 11.8 Å². The molecule has 2 N–H and O–H groups in total. The minimum Gasteiger partial charge on any atom is -0.497 e. The SMILES string of the molecule is COc1cccc(NC(=O)CN(C)CC(=O)Nc2sc3c(c2C#N)CCCC3)c1. The highest BCUT2D eigenvalue weighted by atomic mass is 32.1. The van der Waals surface area contributed by atoms with Crippen molar-refractivity contribution < 1.29 is 14.3 Å². The van der Waals surface area contributed by atoms with Crippen molar-refractivity contribution >= 4 is 33.8 Å². The van der Waals surface area contributed by atoms with Crippen molar-refractivity contribution in [2.24, 2.45) is 0 Å². The molecular weight excluding hydrogens is 388 g/mol. The number of benzene rings is 1. The Morgan fingerprint density at radius 3 is 2.66 bits per heavy atom. The van der Waals surface area contributed by atoms with Gasteiger partial charge in [0.15, 0.2) is 0 Å². The lowest BCUT2D eigenvalue weighted by atomic mass is 9.96. The molecule has 1 aliphatic carbocycles. The lowest BCUT2D eigenvalue weighted by Crippen LogP contribution is -2.36. The largest absolute Gasteiger partial charge is 0.497 e. The summed E-state index contributed by atoms with van der Waals surface area (Å²) in [6.45, 7) is 0.121. The lowest BCUT2D eigenvalue weighted by Gasteiger charge is -2.16. The van der Waals surface area contributed by atoms with Crippen LogP contribution >= 0.6 is 11.3 Å². The summed E-state index contributed by atoms with van der Waals surface area (Å²) in [4.78, 5) is 27.5. The molecule has 1 aliphatic rings. The Labute approximate surface area is 174 Å². The van der Waals surface area contributed by atoms with Crippen LogP contribution in [0, 0.1) is 11.3 Å². The molecule has 2 amide bonds. The number of hydrogen-bond donors (Lipinski definition) is 2. The summed E-state index contributed by atoms with van der Waals surface area (Å²) in [7, 11) is 3.27. The molecule has 3 rings (SSSR count). The first-order chi connectivity index (χ1) is 14.0. The number of rotatable bonds is 7. The molecule has 1 heterocycles. The van der Waals surface area contributed by atoms with Gasteiger partial charge in [-0.2, -0.15) is 5.26 Å². The van der Waals surface area contributed by atoms with Crippen LogP contribution in [0.4, 0.5) is 10.7 Å². The van der Waals surface area contributed by atoms with Crippen LogP contribution in [0.5, 0.6) is 5.75 Å². The van der Waals surface area contributed by atoms with E-state index in [2.05, 4.69) is 16.7 Å². The number of fused-ring (bicyclic) bond motifs is 1. The fraction of sp³-hybridized carbons (Fsp3) is 0.381. The smallest absolute Gasteiger partial charge is 0.239 e. The maximum absolute atomic E-state index is 12.4. The maximum Gasteiger partial charge on any atom is 0.239 e. The van der Waals surface area contributed by atoms with Crippen molar-refractivity contribution in [1.82, 2.24) is 4.90 Å². The Balaban J connectivity index is 1.53. The zero-order valence-electron chi connectivity index (χ0n) is 16.6. The molecule has 8 heteroatoms. The van der Waals surface area contributed by atoms with Crippen LogP contribution in [0.2, 0.25) is 0 Å². The number of anilines is 2. The first-order valence-corrected chi connectivity index (χ1v) is 10.3. The lowest BCUT2D eigenvalue weighted by molar-refractivity contribution is -0.119. The first kappa shape index (κ1) is 20.8. The highest BCUT2D eigenvalue weighted by Crippen LogP contribution is 2.37. The van der Waals surface area contributed by atoms with Crippen LogP contribution in [-0.2, 0) is 22.4 Å². The van der Waals surface area contributed by atoms with E-state index in [1.165, 1.54) is 16.2 Å². The minimum absolute atomic E-state index is 0.0545. The van der Waals surface area contributed by atoms with Gasteiger partial charge in [0.05, 0.1) is 25.8 Å². The molecule has 152 valence electrons. The number of nitrogens with one attached hydrogen (secondary N) is 2. The zero-order valence-corrected chi connectivity index (χ0v) is 17.4. The molecule has 0 saturated heterocycles. The second kappa shape index (κ2) is 9.54. The Bertz CT molecular complexity index is 948. The number of nitrogens with zero attached hydrogens (tertiary/aromatic N) is 2. The van der Waals surface area contributed by atoms with E-state index < -0.39 is 0 Å². The van der Waals surface area contributed by atoms with Crippen LogP contribution in [0.1, 0.15) is 28.8 Å². The summed E-state index contributed by atoms with van der Waals surface area (Å²) in [6, 6.07) is 9.33. The number of carbonyl (C=O) groups excluding carboxylic acids is 2.